The summed E-state index contributed by atoms with van der Waals surface area (Å²) in [5.41, 5.74) is 2.54. The van der Waals surface area contributed by atoms with Crippen LogP contribution in [0.15, 0.2) is 60.7 Å². The smallest absolute Gasteiger partial charge is 0.0827 e. The zero-order chi connectivity index (χ0) is 12.2. The lowest BCUT2D eigenvalue weighted by Crippen LogP contribution is -2.09. The zero-order valence-corrected chi connectivity index (χ0v) is 11.4. The van der Waals surface area contributed by atoms with Crippen molar-refractivity contribution >= 4 is 34.8 Å². The second-order valence-electron chi connectivity index (χ2n) is 3.95. The van der Waals surface area contributed by atoms with Crippen LogP contribution in [-0.2, 0) is 0 Å². The Kier molecular flexibility index (Phi) is 3.40. The molecule has 18 heavy (non-hydrogen) atoms. The first-order valence-corrected chi connectivity index (χ1v) is 7.43. The standard InChI is InChI=1S/C16H12S2/c1-3-7-13(8-4-1)11-15-17-16(18-15)12-14-9-5-2-6-10-14/h1-12H. The van der Waals surface area contributed by atoms with Gasteiger partial charge in [0.05, 0.1) is 7.69 Å². The summed E-state index contributed by atoms with van der Waals surface area (Å²) in [5.74, 6) is 0. The average molecular weight is 268 g/mol. The summed E-state index contributed by atoms with van der Waals surface area (Å²) in [7, 11) is 0. The fourth-order valence-electron chi connectivity index (χ4n) is 1.69. The maximum Gasteiger partial charge on any atom is 0.0827 e. The topological polar surface area (TPSA) is 0 Å². The summed E-state index contributed by atoms with van der Waals surface area (Å²) in [6.45, 7) is 0. The molecular formula is C16H12S2. The van der Waals surface area contributed by atoms with E-state index in [1.165, 1.54) is 18.8 Å². The Morgan fingerprint density at radius 2 is 0.944 bits per heavy atom. The quantitative estimate of drug-likeness (QED) is 0.667. The van der Waals surface area contributed by atoms with Crippen LogP contribution in [0, 0.1) is 0 Å². The van der Waals surface area contributed by atoms with Gasteiger partial charge < -0.3 is 0 Å². The monoisotopic (exact) mass is 268 g/mol. The van der Waals surface area contributed by atoms with Crippen molar-refractivity contribution in [2.75, 3.05) is 0 Å². The molecule has 3 aromatic rings. The van der Waals surface area contributed by atoms with Crippen molar-refractivity contribution in [3.05, 3.63) is 79.5 Å². The molecule has 0 amide bonds. The van der Waals surface area contributed by atoms with Crippen LogP contribution in [0.2, 0.25) is 0 Å². The van der Waals surface area contributed by atoms with E-state index in [9.17, 15) is 0 Å². The molecular weight excluding hydrogens is 256 g/mol. The van der Waals surface area contributed by atoms with Crippen molar-refractivity contribution in [2.24, 2.45) is 0 Å². The number of benzene rings is 2. The maximum atomic E-state index is 2.23. The van der Waals surface area contributed by atoms with E-state index >= 15 is 0 Å². The van der Waals surface area contributed by atoms with Crippen LogP contribution in [0.3, 0.4) is 0 Å². The molecule has 0 nitrogen and oxygen atoms in total. The molecule has 0 radical (unpaired) electrons. The Labute approximate surface area is 114 Å². The lowest BCUT2D eigenvalue weighted by Gasteiger charge is -1.95. The lowest BCUT2D eigenvalue weighted by molar-refractivity contribution is 1.66. The minimum absolute atomic E-state index is 1.27. The Hall–Kier alpha value is -1.64. The Balaban J connectivity index is 1.87. The highest BCUT2D eigenvalue weighted by atomic mass is 32.2. The van der Waals surface area contributed by atoms with Gasteiger partial charge in [0.15, 0.2) is 0 Å². The number of hydrogen-bond acceptors (Lipinski definition) is 2. The lowest BCUT2D eigenvalue weighted by atomic mass is 10.2. The maximum absolute atomic E-state index is 2.23. The minimum Gasteiger partial charge on any atom is -0.114 e. The van der Waals surface area contributed by atoms with E-state index < -0.39 is 0 Å². The Morgan fingerprint density at radius 1 is 0.556 bits per heavy atom. The molecule has 0 saturated heterocycles. The highest BCUT2D eigenvalue weighted by Gasteiger charge is 1.93. The van der Waals surface area contributed by atoms with Gasteiger partial charge in [0.25, 0.3) is 0 Å². The molecule has 0 spiro atoms. The third-order valence-corrected chi connectivity index (χ3v) is 4.85. The highest BCUT2D eigenvalue weighted by Crippen LogP contribution is 2.03. The van der Waals surface area contributed by atoms with E-state index in [2.05, 4.69) is 60.7 Å². The summed E-state index contributed by atoms with van der Waals surface area (Å²) in [6, 6.07) is 20.9. The molecule has 0 unspecified atom stereocenters. The largest absolute Gasteiger partial charge is 0.114 e. The van der Waals surface area contributed by atoms with Crippen molar-refractivity contribution in [2.45, 2.75) is 0 Å². The zero-order valence-electron chi connectivity index (χ0n) is 9.74. The van der Waals surface area contributed by atoms with Gasteiger partial charge in [-0.2, -0.15) is 0 Å². The van der Waals surface area contributed by atoms with E-state index in [0.29, 0.717) is 0 Å². The van der Waals surface area contributed by atoms with E-state index in [4.69, 9.17) is 0 Å². The molecule has 0 atom stereocenters. The van der Waals surface area contributed by atoms with Crippen LogP contribution in [0.25, 0.3) is 12.2 Å². The summed E-state index contributed by atoms with van der Waals surface area (Å²) < 4.78 is 2.73. The average Bonchev–Trinajstić information content (AvgIpc) is 2.39. The van der Waals surface area contributed by atoms with Crippen LogP contribution in [0.5, 0.6) is 0 Å². The molecule has 3 rings (SSSR count). The number of hydrogen-bond donors (Lipinski definition) is 0. The normalized spacial score (nSPS) is 10.2. The van der Waals surface area contributed by atoms with Crippen LogP contribution in [0.4, 0.5) is 0 Å². The molecule has 88 valence electrons. The van der Waals surface area contributed by atoms with Gasteiger partial charge >= 0.3 is 0 Å². The van der Waals surface area contributed by atoms with Gasteiger partial charge in [-0.1, -0.05) is 60.7 Å². The number of rotatable bonds is 2. The molecule has 0 aliphatic carbocycles. The fraction of sp³-hybridized carbons (Fsp3) is 0. The van der Waals surface area contributed by atoms with Crippen LogP contribution < -0.4 is 7.69 Å². The third-order valence-electron chi connectivity index (χ3n) is 2.57. The van der Waals surface area contributed by atoms with Gasteiger partial charge in [-0.3, -0.25) is 0 Å². The van der Waals surface area contributed by atoms with Gasteiger partial charge in [0.1, 0.15) is 0 Å². The molecule has 0 fully saturated rings. The van der Waals surface area contributed by atoms with Crippen LogP contribution in [-0.4, -0.2) is 0 Å². The van der Waals surface area contributed by atoms with Gasteiger partial charge in [-0.05, 0) is 23.3 Å². The Bertz CT molecular complexity index is 639. The van der Waals surface area contributed by atoms with Gasteiger partial charge in [-0.25, -0.2) is 0 Å². The van der Waals surface area contributed by atoms with Gasteiger partial charge in [-0.15, -0.1) is 22.7 Å². The second kappa shape index (κ2) is 5.34. The van der Waals surface area contributed by atoms with Gasteiger partial charge in [0.2, 0.25) is 0 Å². The molecule has 2 aromatic carbocycles. The summed E-state index contributed by atoms with van der Waals surface area (Å²) in [6.07, 6.45) is 4.47. The predicted molar refractivity (Wildman–Crippen MR) is 81.5 cm³/mol. The highest BCUT2D eigenvalue weighted by molar-refractivity contribution is 7.35. The Morgan fingerprint density at radius 3 is 1.33 bits per heavy atom. The predicted octanol–water partition coefficient (Wildman–Crippen LogP) is 3.47. The van der Waals surface area contributed by atoms with E-state index in [0.717, 1.165) is 0 Å². The SMILES string of the molecule is C(c1ccccc1)=c1sc(=Cc2ccccc2)s1. The van der Waals surface area contributed by atoms with Crippen molar-refractivity contribution in [1.82, 2.24) is 0 Å². The molecule has 0 saturated carbocycles. The van der Waals surface area contributed by atoms with E-state index in [1.54, 1.807) is 0 Å². The first-order valence-electron chi connectivity index (χ1n) is 5.79. The molecule has 2 heteroatoms. The summed E-state index contributed by atoms with van der Waals surface area (Å²) in [4.78, 5) is 0. The molecule has 1 aromatic heterocycles. The summed E-state index contributed by atoms with van der Waals surface area (Å²) in [5, 5.41) is 0. The van der Waals surface area contributed by atoms with Crippen LogP contribution >= 0.6 is 22.7 Å². The summed E-state index contributed by atoms with van der Waals surface area (Å²) >= 11 is 3.70. The molecule has 0 N–H and O–H groups in total. The van der Waals surface area contributed by atoms with Crippen molar-refractivity contribution in [1.29, 1.82) is 0 Å². The van der Waals surface area contributed by atoms with Crippen molar-refractivity contribution < 1.29 is 0 Å². The molecule has 0 aliphatic heterocycles. The van der Waals surface area contributed by atoms with Crippen molar-refractivity contribution in [3.8, 4) is 0 Å². The van der Waals surface area contributed by atoms with Gasteiger partial charge in [0, 0.05) is 0 Å². The molecule has 1 heterocycles. The third kappa shape index (κ3) is 2.78. The van der Waals surface area contributed by atoms with Crippen LogP contribution in [0.1, 0.15) is 11.1 Å². The first-order chi connectivity index (χ1) is 8.90. The molecule has 0 bridgehead atoms. The minimum atomic E-state index is 1.27. The molecule has 0 aliphatic rings. The van der Waals surface area contributed by atoms with E-state index in [1.807, 2.05) is 34.8 Å². The van der Waals surface area contributed by atoms with E-state index in [-0.39, 0.29) is 0 Å². The van der Waals surface area contributed by atoms with Crippen molar-refractivity contribution in [3.63, 3.8) is 0 Å². The second-order valence-corrected chi connectivity index (χ2v) is 6.64. The first kappa shape index (κ1) is 11.5. The fourth-order valence-corrected chi connectivity index (χ4v) is 3.71.